The van der Waals surface area contributed by atoms with Crippen molar-refractivity contribution in [3.05, 3.63) is 66.1 Å². The number of anilines is 4. The van der Waals surface area contributed by atoms with Crippen molar-refractivity contribution in [1.29, 1.82) is 0 Å². The molecule has 0 atom stereocenters. The molecule has 8 heteroatoms. The molecule has 4 rings (SSSR count). The number of hydrogen-bond donors (Lipinski definition) is 4. The number of amides is 1. The number of carbonyl (C=O) groups is 1. The first-order valence-corrected chi connectivity index (χ1v) is 8.31. The van der Waals surface area contributed by atoms with Gasteiger partial charge in [0.15, 0.2) is 0 Å². The van der Waals surface area contributed by atoms with Gasteiger partial charge in [-0.15, -0.1) is 0 Å². The molecule has 0 saturated carbocycles. The quantitative estimate of drug-likeness (QED) is 0.434. The maximum Gasteiger partial charge on any atom is 0.248 e. The first-order chi connectivity index (χ1) is 13.1. The van der Waals surface area contributed by atoms with Gasteiger partial charge in [-0.3, -0.25) is 4.79 Å². The number of fused-ring (bicyclic) bond motifs is 1. The Kier molecular flexibility index (Phi) is 4.13. The number of aromatic nitrogens is 4. The van der Waals surface area contributed by atoms with Gasteiger partial charge in [-0.2, -0.15) is 4.98 Å². The van der Waals surface area contributed by atoms with E-state index in [9.17, 15) is 4.79 Å². The zero-order valence-electron chi connectivity index (χ0n) is 14.5. The zero-order chi connectivity index (χ0) is 18.8. The van der Waals surface area contributed by atoms with Crippen LogP contribution < -0.4 is 16.4 Å². The normalized spacial score (nSPS) is 10.7. The van der Waals surface area contributed by atoms with E-state index in [2.05, 4.69) is 30.6 Å². The lowest BCUT2D eigenvalue weighted by molar-refractivity contribution is 0.100. The summed E-state index contributed by atoms with van der Waals surface area (Å²) in [5, 5.41) is 6.34. The van der Waals surface area contributed by atoms with E-state index in [4.69, 9.17) is 5.73 Å². The summed E-state index contributed by atoms with van der Waals surface area (Å²) in [7, 11) is 0. The predicted octanol–water partition coefficient (Wildman–Crippen LogP) is 3.25. The number of imidazole rings is 1. The van der Waals surface area contributed by atoms with E-state index in [1.807, 2.05) is 31.2 Å². The SMILES string of the molecule is Cc1nc2c(Nc3ccnc(Nc4cccc(C(N)=O)c4)n3)cccc2[nH]1. The van der Waals surface area contributed by atoms with Crippen LogP contribution in [0.4, 0.5) is 23.1 Å². The summed E-state index contributed by atoms with van der Waals surface area (Å²) in [6, 6.07) is 14.5. The van der Waals surface area contributed by atoms with Crippen LogP contribution in [0.3, 0.4) is 0 Å². The second-order valence-corrected chi connectivity index (χ2v) is 5.98. The van der Waals surface area contributed by atoms with Gasteiger partial charge in [0.2, 0.25) is 11.9 Å². The molecule has 0 radical (unpaired) electrons. The van der Waals surface area contributed by atoms with Crippen molar-refractivity contribution in [2.75, 3.05) is 10.6 Å². The highest BCUT2D eigenvalue weighted by Crippen LogP contribution is 2.24. The third-order valence-electron chi connectivity index (χ3n) is 3.95. The number of aromatic amines is 1. The molecule has 2 heterocycles. The highest BCUT2D eigenvalue weighted by atomic mass is 16.1. The lowest BCUT2D eigenvalue weighted by Gasteiger charge is -2.09. The number of nitrogens with one attached hydrogen (secondary N) is 3. The van der Waals surface area contributed by atoms with E-state index in [0.717, 1.165) is 22.5 Å². The average molecular weight is 359 g/mol. The van der Waals surface area contributed by atoms with Crippen molar-refractivity contribution < 1.29 is 4.79 Å². The lowest BCUT2D eigenvalue weighted by atomic mass is 10.2. The molecule has 2 aromatic heterocycles. The van der Waals surface area contributed by atoms with E-state index >= 15 is 0 Å². The van der Waals surface area contributed by atoms with E-state index in [1.54, 1.807) is 30.5 Å². The van der Waals surface area contributed by atoms with Crippen LogP contribution in [0.5, 0.6) is 0 Å². The molecule has 5 N–H and O–H groups in total. The van der Waals surface area contributed by atoms with Crippen LogP contribution in [0, 0.1) is 6.92 Å². The molecule has 8 nitrogen and oxygen atoms in total. The number of H-pyrrole nitrogens is 1. The Balaban J connectivity index is 1.59. The van der Waals surface area contributed by atoms with Crippen LogP contribution in [-0.2, 0) is 0 Å². The number of nitrogens with two attached hydrogens (primary N) is 1. The lowest BCUT2D eigenvalue weighted by Crippen LogP contribution is -2.11. The van der Waals surface area contributed by atoms with Crippen molar-refractivity contribution in [2.45, 2.75) is 6.92 Å². The first-order valence-electron chi connectivity index (χ1n) is 8.31. The summed E-state index contributed by atoms with van der Waals surface area (Å²) in [4.78, 5) is 27.7. The maximum atomic E-state index is 11.3. The Bertz CT molecular complexity index is 1140. The molecule has 0 aliphatic heterocycles. The van der Waals surface area contributed by atoms with Gasteiger partial charge in [0.05, 0.1) is 11.2 Å². The second-order valence-electron chi connectivity index (χ2n) is 5.98. The fraction of sp³-hybridized carbons (Fsp3) is 0.0526. The van der Waals surface area contributed by atoms with Gasteiger partial charge in [-0.25, -0.2) is 9.97 Å². The minimum absolute atomic E-state index is 0.395. The Hall–Kier alpha value is -3.94. The van der Waals surface area contributed by atoms with E-state index in [1.165, 1.54) is 0 Å². The molecule has 27 heavy (non-hydrogen) atoms. The molecule has 0 unspecified atom stereocenters. The van der Waals surface area contributed by atoms with Crippen molar-refractivity contribution in [2.24, 2.45) is 5.73 Å². The van der Waals surface area contributed by atoms with Crippen molar-refractivity contribution in [1.82, 2.24) is 19.9 Å². The summed E-state index contributed by atoms with van der Waals surface area (Å²) in [5.41, 5.74) is 9.04. The minimum Gasteiger partial charge on any atom is -0.366 e. The van der Waals surface area contributed by atoms with Crippen LogP contribution in [0.25, 0.3) is 11.0 Å². The fourth-order valence-electron chi connectivity index (χ4n) is 2.76. The third kappa shape index (κ3) is 3.54. The Morgan fingerprint density at radius 2 is 1.93 bits per heavy atom. The van der Waals surface area contributed by atoms with Gasteiger partial charge in [0.25, 0.3) is 0 Å². The molecule has 0 saturated heterocycles. The van der Waals surface area contributed by atoms with Gasteiger partial charge < -0.3 is 21.4 Å². The first kappa shape index (κ1) is 16.5. The zero-order valence-corrected chi connectivity index (χ0v) is 14.5. The standard InChI is InChI=1S/C19H17N7O/c1-11-22-14-6-3-7-15(17(14)23-11)25-16-8-9-21-19(26-16)24-13-5-2-4-12(10-13)18(20)27/h2-10H,1H3,(H2,20,27)(H,22,23)(H2,21,24,25,26). The highest BCUT2D eigenvalue weighted by Gasteiger charge is 2.08. The minimum atomic E-state index is -0.489. The van der Waals surface area contributed by atoms with Crippen molar-refractivity contribution >= 4 is 40.1 Å². The molecular formula is C19H17N7O. The Morgan fingerprint density at radius 3 is 2.78 bits per heavy atom. The summed E-state index contributed by atoms with van der Waals surface area (Å²) in [6.45, 7) is 1.91. The van der Waals surface area contributed by atoms with E-state index in [0.29, 0.717) is 23.0 Å². The van der Waals surface area contributed by atoms with Gasteiger partial charge >= 0.3 is 0 Å². The van der Waals surface area contributed by atoms with Gasteiger partial charge in [-0.05, 0) is 43.3 Å². The van der Waals surface area contributed by atoms with Gasteiger partial charge in [0, 0.05) is 17.4 Å². The summed E-state index contributed by atoms with van der Waals surface area (Å²) in [5.74, 6) is 1.37. The molecule has 134 valence electrons. The highest BCUT2D eigenvalue weighted by molar-refractivity contribution is 5.94. The van der Waals surface area contributed by atoms with Crippen molar-refractivity contribution in [3.8, 4) is 0 Å². The Labute approximate surface area is 154 Å². The van der Waals surface area contributed by atoms with Crippen LogP contribution in [0.15, 0.2) is 54.7 Å². The molecule has 0 spiro atoms. The molecule has 0 bridgehead atoms. The van der Waals surface area contributed by atoms with Crippen molar-refractivity contribution in [3.63, 3.8) is 0 Å². The number of carbonyl (C=O) groups excluding carboxylic acids is 1. The van der Waals surface area contributed by atoms with E-state index in [-0.39, 0.29) is 0 Å². The third-order valence-corrected chi connectivity index (χ3v) is 3.95. The molecular weight excluding hydrogens is 342 g/mol. The number of hydrogen-bond acceptors (Lipinski definition) is 6. The van der Waals surface area contributed by atoms with Crippen LogP contribution in [-0.4, -0.2) is 25.8 Å². The number of para-hydroxylation sites is 1. The van der Waals surface area contributed by atoms with Crippen LogP contribution >= 0.6 is 0 Å². The molecule has 0 fully saturated rings. The van der Waals surface area contributed by atoms with E-state index < -0.39 is 5.91 Å². The van der Waals surface area contributed by atoms with Gasteiger partial charge in [0.1, 0.15) is 17.2 Å². The summed E-state index contributed by atoms with van der Waals surface area (Å²) >= 11 is 0. The number of primary amides is 1. The molecule has 0 aliphatic rings. The number of nitrogens with zero attached hydrogens (tertiary/aromatic N) is 3. The molecule has 0 aliphatic carbocycles. The largest absolute Gasteiger partial charge is 0.366 e. The Morgan fingerprint density at radius 1 is 1.07 bits per heavy atom. The smallest absolute Gasteiger partial charge is 0.248 e. The monoisotopic (exact) mass is 359 g/mol. The molecule has 1 amide bonds. The van der Waals surface area contributed by atoms with Crippen LogP contribution in [0.1, 0.15) is 16.2 Å². The molecule has 4 aromatic rings. The number of rotatable bonds is 5. The number of aryl methyl sites for hydroxylation is 1. The number of benzene rings is 2. The topological polar surface area (TPSA) is 122 Å². The predicted molar refractivity (Wildman–Crippen MR) is 104 cm³/mol. The van der Waals surface area contributed by atoms with Crippen LogP contribution in [0.2, 0.25) is 0 Å². The molecule has 2 aromatic carbocycles. The van der Waals surface area contributed by atoms with Gasteiger partial charge in [-0.1, -0.05) is 12.1 Å². The summed E-state index contributed by atoms with van der Waals surface area (Å²) < 4.78 is 0. The second kappa shape index (κ2) is 6.75. The summed E-state index contributed by atoms with van der Waals surface area (Å²) in [6.07, 6.45) is 1.64. The maximum absolute atomic E-state index is 11.3. The fourth-order valence-corrected chi connectivity index (χ4v) is 2.76. The average Bonchev–Trinajstić information content (AvgIpc) is 3.04.